The third-order valence-corrected chi connectivity index (χ3v) is 3.90. The van der Waals surface area contributed by atoms with Crippen molar-refractivity contribution in [2.75, 3.05) is 7.11 Å². The van der Waals surface area contributed by atoms with Crippen molar-refractivity contribution in [3.8, 4) is 5.69 Å². The molecule has 0 spiro atoms. The molecular weight excluding hydrogens is 356 g/mol. The smallest absolute Gasteiger partial charge is 0.359 e. The molecule has 0 amide bonds. The fourth-order valence-corrected chi connectivity index (χ4v) is 2.82. The van der Waals surface area contributed by atoms with Gasteiger partial charge in [0.05, 0.1) is 28.7 Å². The van der Waals surface area contributed by atoms with Gasteiger partial charge in [-0.1, -0.05) is 39.7 Å². The number of hydrogen-bond donors (Lipinski definition) is 0. The Morgan fingerprint density at radius 1 is 1.29 bits per heavy atom. The number of halogens is 2. The van der Waals surface area contributed by atoms with E-state index in [2.05, 4.69) is 21.0 Å². The van der Waals surface area contributed by atoms with E-state index in [0.717, 1.165) is 15.7 Å². The number of esters is 1. The minimum atomic E-state index is -0.512. The number of carbonyl (C=O) groups excluding carboxylic acids is 1. The van der Waals surface area contributed by atoms with E-state index >= 15 is 0 Å². The molecule has 21 heavy (non-hydrogen) atoms. The van der Waals surface area contributed by atoms with E-state index in [1.165, 1.54) is 7.11 Å². The Kier molecular flexibility index (Phi) is 3.69. The molecule has 0 aliphatic heterocycles. The molecule has 3 rings (SSSR count). The van der Waals surface area contributed by atoms with Crippen LogP contribution in [0.15, 0.2) is 46.9 Å². The quantitative estimate of drug-likeness (QED) is 0.638. The summed E-state index contributed by atoms with van der Waals surface area (Å²) < 4.78 is 7.39. The predicted octanol–water partition coefficient (Wildman–Crippen LogP) is 4.23. The first-order valence-corrected chi connectivity index (χ1v) is 7.30. The maximum atomic E-state index is 11.9. The molecule has 0 aliphatic rings. The molecule has 2 aromatic carbocycles. The average molecular weight is 366 g/mol. The van der Waals surface area contributed by atoms with E-state index in [4.69, 9.17) is 16.3 Å². The van der Waals surface area contributed by atoms with Crippen LogP contribution in [0.3, 0.4) is 0 Å². The Bertz CT molecular complexity index is 845. The highest BCUT2D eigenvalue weighted by Gasteiger charge is 2.20. The lowest BCUT2D eigenvalue weighted by Crippen LogP contribution is -2.04. The summed E-state index contributed by atoms with van der Waals surface area (Å²) in [6.45, 7) is 0. The molecule has 106 valence electrons. The van der Waals surface area contributed by atoms with Crippen molar-refractivity contribution in [3.63, 3.8) is 0 Å². The zero-order chi connectivity index (χ0) is 15.0. The Balaban J connectivity index is 2.34. The van der Waals surface area contributed by atoms with Crippen LogP contribution in [-0.2, 0) is 4.74 Å². The summed E-state index contributed by atoms with van der Waals surface area (Å²) in [6.07, 6.45) is 0. The van der Waals surface area contributed by atoms with Gasteiger partial charge in [0.2, 0.25) is 0 Å². The zero-order valence-electron chi connectivity index (χ0n) is 11.0. The van der Waals surface area contributed by atoms with Gasteiger partial charge in [0.1, 0.15) is 0 Å². The summed E-state index contributed by atoms with van der Waals surface area (Å²) in [5, 5.41) is 5.42. The first-order chi connectivity index (χ1) is 10.1. The summed E-state index contributed by atoms with van der Waals surface area (Å²) in [6, 6.07) is 13.0. The van der Waals surface area contributed by atoms with Crippen molar-refractivity contribution >= 4 is 44.4 Å². The van der Waals surface area contributed by atoms with Crippen LogP contribution in [0.2, 0.25) is 5.02 Å². The van der Waals surface area contributed by atoms with Crippen molar-refractivity contribution in [2.24, 2.45) is 0 Å². The summed E-state index contributed by atoms with van der Waals surface area (Å²) in [5.41, 5.74) is 1.78. The highest BCUT2D eigenvalue weighted by Crippen LogP contribution is 2.29. The number of fused-ring (bicyclic) bond motifs is 1. The topological polar surface area (TPSA) is 44.1 Å². The predicted molar refractivity (Wildman–Crippen MR) is 85.1 cm³/mol. The molecule has 0 atom stereocenters. The van der Waals surface area contributed by atoms with Gasteiger partial charge in [-0.3, -0.25) is 0 Å². The fraction of sp³-hybridized carbons (Fsp3) is 0.0667. The summed E-state index contributed by atoms with van der Waals surface area (Å²) in [5.74, 6) is -0.512. The maximum absolute atomic E-state index is 11.9. The second-order valence-electron chi connectivity index (χ2n) is 4.37. The van der Waals surface area contributed by atoms with E-state index in [1.807, 2.05) is 36.4 Å². The highest BCUT2D eigenvalue weighted by molar-refractivity contribution is 9.10. The molecular formula is C15H10BrClN2O2. The second kappa shape index (κ2) is 5.50. The largest absolute Gasteiger partial charge is 0.464 e. The zero-order valence-corrected chi connectivity index (χ0v) is 13.4. The van der Waals surface area contributed by atoms with Crippen LogP contribution in [0.1, 0.15) is 10.5 Å². The number of ether oxygens (including phenoxy) is 1. The van der Waals surface area contributed by atoms with Gasteiger partial charge in [0, 0.05) is 4.47 Å². The number of rotatable bonds is 2. The minimum Gasteiger partial charge on any atom is -0.464 e. The number of hydrogen-bond acceptors (Lipinski definition) is 3. The van der Waals surface area contributed by atoms with Gasteiger partial charge in [-0.05, 0) is 30.3 Å². The van der Waals surface area contributed by atoms with Crippen LogP contribution >= 0.6 is 27.5 Å². The Morgan fingerprint density at radius 2 is 2.05 bits per heavy atom. The monoisotopic (exact) mass is 364 g/mol. The lowest BCUT2D eigenvalue weighted by molar-refractivity contribution is 0.0595. The molecule has 1 heterocycles. The molecule has 4 nitrogen and oxygen atoms in total. The van der Waals surface area contributed by atoms with Crippen LogP contribution in [-0.4, -0.2) is 22.9 Å². The van der Waals surface area contributed by atoms with Crippen molar-refractivity contribution in [1.29, 1.82) is 0 Å². The molecule has 0 unspecified atom stereocenters. The summed E-state index contributed by atoms with van der Waals surface area (Å²) >= 11 is 9.65. The van der Waals surface area contributed by atoms with Gasteiger partial charge in [0.25, 0.3) is 0 Å². The molecule has 0 saturated heterocycles. The SMILES string of the molecule is COC(=O)c1nn(-c2cccc(Br)c2)c2cccc(Cl)c12. The number of aromatic nitrogens is 2. The fourth-order valence-electron chi connectivity index (χ4n) is 2.17. The molecule has 0 bridgehead atoms. The summed E-state index contributed by atoms with van der Waals surface area (Å²) in [4.78, 5) is 11.9. The first-order valence-electron chi connectivity index (χ1n) is 6.13. The molecule has 0 aliphatic carbocycles. The normalized spacial score (nSPS) is 10.8. The third kappa shape index (κ3) is 2.43. The molecule has 6 heteroatoms. The van der Waals surface area contributed by atoms with Crippen LogP contribution < -0.4 is 0 Å². The number of benzene rings is 2. The van der Waals surface area contributed by atoms with Crippen molar-refractivity contribution in [2.45, 2.75) is 0 Å². The highest BCUT2D eigenvalue weighted by atomic mass is 79.9. The van der Waals surface area contributed by atoms with Gasteiger partial charge in [0.15, 0.2) is 5.69 Å². The van der Waals surface area contributed by atoms with Gasteiger partial charge in [-0.2, -0.15) is 5.10 Å². The molecule has 0 N–H and O–H groups in total. The minimum absolute atomic E-state index is 0.207. The van der Waals surface area contributed by atoms with Gasteiger partial charge >= 0.3 is 5.97 Å². The molecule has 3 aromatic rings. The average Bonchev–Trinajstić information content (AvgIpc) is 2.87. The van der Waals surface area contributed by atoms with E-state index in [1.54, 1.807) is 10.7 Å². The van der Waals surface area contributed by atoms with Gasteiger partial charge < -0.3 is 4.74 Å². The van der Waals surface area contributed by atoms with Gasteiger partial charge in [-0.25, -0.2) is 9.48 Å². The molecule has 0 radical (unpaired) electrons. The number of methoxy groups -OCH3 is 1. The Hall–Kier alpha value is -1.85. The van der Waals surface area contributed by atoms with Crippen LogP contribution in [0.5, 0.6) is 0 Å². The van der Waals surface area contributed by atoms with Crippen molar-refractivity contribution in [1.82, 2.24) is 9.78 Å². The van der Waals surface area contributed by atoms with Gasteiger partial charge in [-0.15, -0.1) is 0 Å². The Labute approximate surface area is 134 Å². The van der Waals surface area contributed by atoms with E-state index in [-0.39, 0.29) is 5.69 Å². The van der Waals surface area contributed by atoms with Crippen LogP contribution in [0.25, 0.3) is 16.6 Å². The van der Waals surface area contributed by atoms with Crippen LogP contribution in [0.4, 0.5) is 0 Å². The van der Waals surface area contributed by atoms with Crippen molar-refractivity contribution < 1.29 is 9.53 Å². The first kappa shape index (κ1) is 14.1. The number of carbonyl (C=O) groups is 1. The van der Waals surface area contributed by atoms with E-state index in [9.17, 15) is 4.79 Å². The number of nitrogens with zero attached hydrogens (tertiary/aromatic N) is 2. The lowest BCUT2D eigenvalue weighted by atomic mass is 10.2. The van der Waals surface area contributed by atoms with Crippen LogP contribution in [0, 0.1) is 0 Å². The second-order valence-corrected chi connectivity index (χ2v) is 5.69. The van der Waals surface area contributed by atoms with E-state index < -0.39 is 5.97 Å². The van der Waals surface area contributed by atoms with Crippen molar-refractivity contribution in [3.05, 3.63) is 57.7 Å². The molecule has 1 aromatic heterocycles. The lowest BCUT2D eigenvalue weighted by Gasteiger charge is -2.03. The standard InChI is InChI=1S/C15H10BrClN2O2/c1-21-15(20)14-13-11(17)6-3-7-12(13)19(18-14)10-5-2-4-9(16)8-10/h2-8H,1H3. The molecule has 0 saturated carbocycles. The Morgan fingerprint density at radius 3 is 2.76 bits per heavy atom. The third-order valence-electron chi connectivity index (χ3n) is 3.09. The van der Waals surface area contributed by atoms with E-state index in [0.29, 0.717) is 10.4 Å². The maximum Gasteiger partial charge on any atom is 0.359 e. The summed E-state index contributed by atoms with van der Waals surface area (Å²) in [7, 11) is 1.32. The molecule has 0 fully saturated rings.